The Kier molecular flexibility index (Phi) is 5.86. The first kappa shape index (κ1) is 29.8. The molecular weight excluding hydrogens is 681 g/mol. The summed E-state index contributed by atoms with van der Waals surface area (Å²) in [5, 5.41) is 13.7. The summed E-state index contributed by atoms with van der Waals surface area (Å²) in [7, 11) is 0. The number of hydrogen-bond acceptors (Lipinski definition) is 2. The molecule has 13 aromatic rings. The number of rotatable bonds is 3. The second-order valence-corrected chi connectivity index (χ2v) is 14.9. The molecule has 0 aliphatic carbocycles. The van der Waals surface area contributed by atoms with Gasteiger partial charge in [0.1, 0.15) is 0 Å². The molecule has 258 valence electrons. The Morgan fingerprint density at radius 3 is 1.84 bits per heavy atom. The van der Waals surface area contributed by atoms with Gasteiger partial charge in [0, 0.05) is 54.5 Å². The van der Waals surface area contributed by atoms with E-state index in [4.69, 9.17) is 9.97 Å². The predicted molar refractivity (Wildman–Crippen MR) is 234 cm³/mol. The summed E-state index contributed by atoms with van der Waals surface area (Å²) in [5.41, 5.74) is 11.2. The third kappa shape index (κ3) is 3.97. The van der Waals surface area contributed by atoms with Gasteiger partial charge in [-0.2, -0.15) is 0 Å². The van der Waals surface area contributed by atoms with E-state index in [1.54, 1.807) is 0 Å². The predicted octanol–water partition coefficient (Wildman–Crippen LogP) is 13.5. The molecule has 0 N–H and O–H groups in total. The highest BCUT2D eigenvalue weighted by molar-refractivity contribution is 6.38. The molecule has 4 aromatic heterocycles. The molecule has 0 saturated heterocycles. The first-order chi connectivity index (χ1) is 27.8. The van der Waals surface area contributed by atoms with E-state index < -0.39 is 0 Å². The van der Waals surface area contributed by atoms with Crippen LogP contribution in [0.15, 0.2) is 182 Å². The topological polar surface area (TPSA) is 35.1 Å². The Bertz CT molecular complexity index is 3760. The molecule has 0 atom stereocenters. The van der Waals surface area contributed by atoms with E-state index in [9.17, 15) is 0 Å². The minimum absolute atomic E-state index is 0.714. The first-order valence-corrected chi connectivity index (χ1v) is 19.2. The van der Waals surface area contributed by atoms with Crippen LogP contribution in [0.3, 0.4) is 0 Å². The van der Waals surface area contributed by atoms with Gasteiger partial charge in [-0.3, -0.25) is 0 Å². The summed E-state index contributed by atoms with van der Waals surface area (Å²) in [5.74, 6) is 0.714. The highest BCUT2D eigenvalue weighted by Gasteiger charge is 2.25. The van der Waals surface area contributed by atoms with Crippen molar-refractivity contribution in [2.45, 2.75) is 0 Å². The van der Waals surface area contributed by atoms with E-state index in [-0.39, 0.29) is 0 Å². The van der Waals surface area contributed by atoms with Crippen molar-refractivity contribution in [3.63, 3.8) is 0 Å². The largest absolute Gasteiger partial charge is 0.309 e. The number of benzene rings is 9. The van der Waals surface area contributed by atoms with E-state index in [0.29, 0.717) is 5.82 Å². The summed E-state index contributed by atoms with van der Waals surface area (Å²) < 4.78 is 4.94. The third-order valence-electron chi connectivity index (χ3n) is 12.0. The van der Waals surface area contributed by atoms with Gasteiger partial charge in [0.05, 0.1) is 38.8 Å². The van der Waals surface area contributed by atoms with Crippen molar-refractivity contribution in [1.82, 2.24) is 18.9 Å². The highest BCUT2D eigenvalue weighted by Crippen LogP contribution is 2.48. The Balaban J connectivity index is 1.08. The number of para-hydroxylation sites is 3. The molecule has 56 heavy (non-hydrogen) atoms. The van der Waals surface area contributed by atoms with Crippen LogP contribution in [0.1, 0.15) is 0 Å². The van der Waals surface area contributed by atoms with Gasteiger partial charge >= 0.3 is 0 Å². The summed E-state index contributed by atoms with van der Waals surface area (Å²) in [6, 6.07) is 65.8. The quantitative estimate of drug-likeness (QED) is 0.183. The number of aromatic nitrogens is 4. The maximum atomic E-state index is 5.26. The Labute approximate surface area is 320 Å². The van der Waals surface area contributed by atoms with E-state index in [2.05, 4.69) is 191 Å². The van der Waals surface area contributed by atoms with Crippen molar-refractivity contribution in [2.75, 3.05) is 0 Å². The van der Waals surface area contributed by atoms with Gasteiger partial charge in [0.25, 0.3) is 0 Å². The van der Waals surface area contributed by atoms with Crippen LogP contribution in [-0.4, -0.2) is 18.9 Å². The van der Waals surface area contributed by atoms with Gasteiger partial charge in [-0.25, -0.2) is 9.97 Å². The molecule has 0 bridgehead atoms. The van der Waals surface area contributed by atoms with Crippen molar-refractivity contribution < 1.29 is 0 Å². The minimum Gasteiger partial charge on any atom is -0.309 e. The SMILES string of the molecule is c1ccc2cc(-c3nc(-c4ccc(-n5c6ccc7ccccc7c6c6c7c8ccccc8n8c9ccccc9c(cc65)c78)cc4)nc4ccccc34)ccc2c1. The van der Waals surface area contributed by atoms with Crippen LogP contribution in [0, 0.1) is 0 Å². The molecule has 0 aliphatic rings. The molecule has 0 saturated carbocycles. The Morgan fingerprint density at radius 2 is 1.00 bits per heavy atom. The highest BCUT2D eigenvalue weighted by atomic mass is 15.0. The van der Waals surface area contributed by atoms with Gasteiger partial charge in [0.2, 0.25) is 0 Å². The zero-order valence-corrected chi connectivity index (χ0v) is 30.1. The van der Waals surface area contributed by atoms with Crippen molar-refractivity contribution in [2.24, 2.45) is 0 Å². The maximum absolute atomic E-state index is 5.26. The lowest BCUT2D eigenvalue weighted by molar-refractivity contribution is 1.18. The molecule has 0 aliphatic heterocycles. The zero-order valence-electron chi connectivity index (χ0n) is 30.1. The number of hydrogen-bond donors (Lipinski definition) is 0. The molecule has 4 heteroatoms. The van der Waals surface area contributed by atoms with Gasteiger partial charge in [0.15, 0.2) is 5.82 Å². The van der Waals surface area contributed by atoms with Crippen LogP contribution in [-0.2, 0) is 0 Å². The van der Waals surface area contributed by atoms with E-state index in [1.807, 2.05) is 0 Å². The Hall–Kier alpha value is -7.56. The molecular formula is C52H30N4. The Morgan fingerprint density at radius 1 is 0.357 bits per heavy atom. The molecule has 9 aromatic carbocycles. The summed E-state index contributed by atoms with van der Waals surface area (Å²) in [6.45, 7) is 0. The zero-order chi connectivity index (χ0) is 36.5. The molecule has 0 unspecified atom stereocenters. The molecule has 0 fully saturated rings. The fourth-order valence-electron chi connectivity index (χ4n) is 9.57. The van der Waals surface area contributed by atoms with Crippen molar-refractivity contribution >= 4 is 92.3 Å². The average Bonchev–Trinajstić information content (AvgIpc) is 3.90. The van der Waals surface area contributed by atoms with Gasteiger partial charge in [-0.05, 0) is 82.2 Å². The molecule has 4 nitrogen and oxygen atoms in total. The monoisotopic (exact) mass is 710 g/mol. The van der Waals surface area contributed by atoms with Crippen LogP contribution in [0.2, 0.25) is 0 Å². The van der Waals surface area contributed by atoms with Gasteiger partial charge in [-0.15, -0.1) is 0 Å². The third-order valence-corrected chi connectivity index (χ3v) is 12.0. The lowest BCUT2D eigenvalue weighted by Crippen LogP contribution is -1.97. The van der Waals surface area contributed by atoms with Gasteiger partial charge < -0.3 is 8.97 Å². The normalized spacial score (nSPS) is 12.3. The van der Waals surface area contributed by atoms with Gasteiger partial charge in [-0.1, -0.05) is 121 Å². The summed E-state index contributed by atoms with van der Waals surface area (Å²) >= 11 is 0. The molecule has 0 radical (unpaired) electrons. The van der Waals surface area contributed by atoms with Crippen LogP contribution < -0.4 is 0 Å². The lowest BCUT2D eigenvalue weighted by atomic mass is 9.99. The first-order valence-electron chi connectivity index (χ1n) is 19.2. The molecule has 0 spiro atoms. The van der Waals surface area contributed by atoms with Crippen LogP contribution in [0.4, 0.5) is 0 Å². The van der Waals surface area contributed by atoms with Crippen molar-refractivity contribution in [3.05, 3.63) is 182 Å². The average molecular weight is 711 g/mol. The summed E-state index contributed by atoms with van der Waals surface area (Å²) in [6.07, 6.45) is 0. The standard InChI is InChI=1S/C52H30N4/c1-2-13-34-29-35(22-21-31(34)11-1)50-39-16-5-8-18-42(39)53-52(54-50)33-23-26-36(27-24-33)55-45-28-25-32-12-3-4-14-37(32)47(45)49-46(55)30-41-38-15-6-9-19-43(38)56-44-20-10-7-17-40(44)48(49)51(41)56/h1-30H. The lowest BCUT2D eigenvalue weighted by Gasteiger charge is -2.12. The van der Waals surface area contributed by atoms with Crippen molar-refractivity contribution in [3.8, 4) is 28.3 Å². The second-order valence-electron chi connectivity index (χ2n) is 14.9. The van der Waals surface area contributed by atoms with Crippen LogP contribution in [0.25, 0.3) is 121 Å². The molecule has 4 heterocycles. The fraction of sp³-hybridized carbons (Fsp3) is 0. The van der Waals surface area contributed by atoms with Crippen LogP contribution >= 0.6 is 0 Å². The van der Waals surface area contributed by atoms with E-state index in [1.165, 1.54) is 81.4 Å². The number of fused-ring (bicyclic) bond motifs is 14. The van der Waals surface area contributed by atoms with Crippen LogP contribution in [0.5, 0.6) is 0 Å². The second kappa shape index (κ2) is 11.0. The van der Waals surface area contributed by atoms with E-state index >= 15 is 0 Å². The maximum Gasteiger partial charge on any atom is 0.160 e. The molecule has 0 amide bonds. The van der Waals surface area contributed by atoms with E-state index in [0.717, 1.165) is 33.4 Å². The van der Waals surface area contributed by atoms with Crippen molar-refractivity contribution in [1.29, 1.82) is 0 Å². The number of nitrogens with zero attached hydrogens (tertiary/aromatic N) is 4. The molecule has 13 rings (SSSR count). The minimum atomic E-state index is 0.714. The summed E-state index contributed by atoms with van der Waals surface area (Å²) in [4.78, 5) is 10.4. The fourth-order valence-corrected chi connectivity index (χ4v) is 9.57. The smallest absolute Gasteiger partial charge is 0.160 e.